The monoisotopic (exact) mass is 338 g/mol. The molecule has 2 aromatic carbocycles. The van der Waals surface area contributed by atoms with Crippen molar-refractivity contribution < 1.29 is 14.3 Å². The van der Waals surface area contributed by atoms with Gasteiger partial charge in [0.2, 0.25) is 0 Å². The van der Waals surface area contributed by atoms with Crippen LogP contribution in [0.3, 0.4) is 0 Å². The third kappa shape index (κ3) is 2.91. The molecule has 1 amide bonds. The van der Waals surface area contributed by atoms with Crippen molar-refractivity contribution in [2.24, 2.45) is 0 Å². The third-order valence-electron chi connectivity index (χ3n) is 2.71. The summed E-state index contributed by atoms with van der Waals surface area (Å²) in [5.41, 5.74) is 7.56. The number of carbonyl (C=O) groups is 1. The number of benzene rings is 2. The van der Waals surface area contributed by atoms with E-state index in [4.69, 9.17) is 5.73 Å². The number of aryl methyl sites for hydroxylation is 1. The number of anilines is 2. The highest BCUT2D eigenvalue weighted by Crippen LogP contribution is 2.31. The Labute approximate surface area is 123 Å². The molecule has 4 N–H and O–H groups in total. The van der Waals surface area contributed by atoms with Crippen molar-refractivity contribution in [3.05, 3.63) is 51.7 Å². The van der Waals surface area contributed by atoms with Crippen molar-refractivity contribution in [1.29, 1.82) is 0 Å². The lowest BCUT2D eigenvalue weighted by Crippen LogP contribution is -2.14. The van der Waals surface area contributed by atoms with Gasteiger partial charge in [0.05, 0.1) is 16.9 Å². The lowest BCUT2D eigenvalue weighted by molar-refractivity contribution is 0.102. The number of hydrogen-bond donors (Lipinski definition) is 3. The fraction of sp³-hybridized carbons (Fsp3) is 0.0714. The van der Waals surface area contributed by atoms with Crippen LogP contribution in [0.5, 0.6) is 5.75 Å². The Balaban J connectivity index is 2.33. The number of halogens is 2. The number of rotatable bonds is 2. The van der Waals surface area contributed by atoms with Gasteiger partial charge in [0, 0.05) is 10.5 Å². The molecule has 0 aliphatic rings. The first kappa shape index (κ1) is 14.3. The summed E-state index contributed by atoms with van der Waals surface area (Å²) in [4.78, 5) is 12.1. The standard InChI is InChI=1S/C14H12BrFN2O2/c1-7-4-10(15)13(11(17)5-7)18-14(20)9-3-2-8(16)6-12(9)19/h2-6,19H,17H2,1H3,(H,18,20). The zero-order chi connectivity index (χ0) is 14.9. The van der Waals surface area contributed by atoms with Crippen LogP contribution in [0.1, 0.15) is 15.9 Å². The van der Waals surface area contributed by atoms with E-state index < -0.39 is 17.5 Å². The van der Waals surface area contributed by atoms with Crippen LogP contribution in [0.25, 0.3) is 0 Å². The Morgan fingerprint density at radius 1 is 1.35 bits per heavy atom. The number of hydrogen-bond acceptors (Lipinski definition) is 3. The molecular weight excluding hydrogens is 327 g/mol. The molecule has 0 atom stereocenters. The lowest BCUT2D eigenvalue weighted by atomic mass is 10.1. The van der Waals surface area contributed by atoms with Crippen molar-refractivity contribution >= 4 is 33.2 Å². The molecule has 6 heteroatoms. The second-order valence-corrected chi connectivity index (χ2v) is 5.18. The molecule has 0 unspecified atom stereocenters. The number of amides is 1. The van der Waals surface area contributed by atoms with Crippen LogP contribution in [0.2, 0.25) is 0 Å². The Morgan fingerprint density at radius 3 is 2.65 bits per heavy atom. The summed E-state index contributed by atoms with van der Waals surface area (Å²) in [7, 11) is 0. The third-order valence-corrected chi connectivity index (χ3v) is 3.33. The summed E-state index contributed by atoms with van der Waals surface area (Å²) < 4.78 is 13.5. The smallest absolute Gasteiger partial charge is 0.259 e. The van der Waals surface area contributed by atoms with Gasteiger partial charge in [-0.1, -0.05) is 0 Å². The average molecular weight is 339 g/mol. The van der Waals surface area contributed by atoms with Crippen LogP contribution >= 0.6 is 15.9 Å². The molecule has 0 aliphatic carbocycles. The number of nitrogens with two attached hydrogens (primary N) is 1. The molecule has 0 aliphatic heterocycles. The van der Waals surface area contributed by atoms with Gasteiger partial charge in [-0.3, -0.25) is 4.79 Å². The van der Waals surface area contributed by atoms with Gasteiger partial charge in [-0.05, 0) is 52.7 Å². The van der Waals surface area contributed by atoms with Crippen molar-refractivity contribution in [3.63, 3.8) is 0 Å². The molecule has 2 rings (SSSR count). The van der Waals surface area contributed by atoms with E-state index in [0.29, 0.717) is 15.8 Å². The zero-order valence-electron chi connectivity index (χ0n) is 10.6. The SMILES string of the molecule is Cc1cc(N)c(NC(=O)c2ccc(F)cc2O)c(Br)c1. The summed E-state index contributed by atoms with van der Waals surface area (Å²) in [5.74, 6) is -1.61. The predicted octanol–water partition coefficient (Wildman–Crippen LogP) is 3.44. The molecule has 0 aromatic heterocycles. The van der Waals surface area contributed by atoms with Crippen molar-refractivity contribution in [3.8, 4) is 5.75 Å². The highest BCUT2D eigenvalue weighted by Gasteiger charge is 2.15. The lowest BCUT2D eigenvalue weighted by Gasteiger charge is -2.12. The first-order chi connectivity index (χ1) is 9.38. The molecular formula is C14H12BrFN2O2. The van der Waals surface area contributed by atoms with Crippen molar-refractivity contribution in [2.75, 3.05) is 11.1 Å². The normalized spacial score (nSPS) is 10.3. The van der Waals surface area contributed by atoms with E-state index in [1.54, 1.807) is 12.1 Å². The van der Waals surface area contributed by atoms with Gasteiger partial charge in [-0.25, -0.2) is 4.39 Å². The van der Waals surface area contributed by atoms with Crippen LogP contribution < -0.4 is 11.1 Å². The molecule has 0 bridgehead atoms. The van der Waals surface area contributed by atoms with Crippen molar-refractivity contribution in [2.45, 2.75) is 6.92 Å². The van der Waals surface area contributed by atoms with Gasteiger partial charge in [-0.15, -0.1) is 0 Å². The average Bonchev–Trinajstić information content (AvgIpc) is 2.33. The summed E-state index contributed by atoms with van der Waals surface area (Å²) in [6.45, 7) is 1.87. The molecule has 2 aromatic rings. The number of phenolic OH excluding ortho intramolecular Hbond substituents is 1. The first-order valence-electron chi connectivity index (χ1n) is 5.74. The van der Waals surface area contributed by atoms with E-state index in [0.717, 1.165) is 17.7 Å². The highest BCUT2D eigenvalue weighted by atomic mass is 79.9. The molecule has 0 saturated heterocycles. The van der Waals surface area contributed by atoms with Gasteiger partial charge >= 0.3 is 0 Å². The summed E-state index contributed by atoms with van der Waals surface area (Å²) in [5, 5.41) is 12.2. The molecule has 0 radical (unpaired) electrons. The van der Waals surface area contributed by atoms with Crippen LogP contribution in [-0.4, -0.2) is 11.0 Å². The fourth-order valence-electron chi connectivity index (χ4n) is 1.78. The number of nitrogens with one attached hydrogen (secondary N) is 1. The number of carbonyl (C=O) groups excluding carboxylic acids is 1. The number of phenols is 1. The Hall–Kier alpha value is -2.08. The van der Waals surface area contributed by atoms with E-state index >= 15 is 0 Å². The molecule has 0 spiro atoms. The van der Waals surface area contributed by atoms with Gasteiger partial charge in [-0.2, -0.15) is 0 Å². The second-order valence-electron chi connectivity index (χ2n) is 4.33. The van der Waals surface area contributed by atoms with Gasteiger partial charge < -0.3 is 16.2 Å². The Kier molecular flexibility index (Phi) is 3.94. The molecule has 104 valence electrons. The van der Waals surface area contributed by atoms with E-state index in [1.165, 1.54) is 6.07 Å². The minimum Gasteiger partial charge on any atom is -0.507 e. The van der Waals surface area contributed by atoms with Gasteiger partial charge in [0.15, 0.2) is 0 Å². The largest absolute Gasteiger partial charge is 0.507 e. The van der Waals surface area contributed by atoms with Crippen molar-refractivity contribution in [1.82, 2.24) is 0 Å². The maximum Gasteiger partial charge on any atom is 0.259 e. The topological polar surface area (TPSA) is 75.3 Å². The summed E-state index contributed by atoms with van der Waals surface area (Å²) in [6, 6.07) is 6.70. The minimum atomic E-state index is -0.616. The zero-order valence-corrected chi connectivity index (χ0v) is 12.2. The van der Waals surface area contributed by atoms with Crippen LogP contribution in [0.4, 0.5) is 15.8 Å². The molecule has 0 heterocycles. The highest BCUT2D eigenvalue weighted by molar-refractivity contribution is 9.10. The van der Waals surface area contributed by atoms with E-state index in [9.17, 15) is 14.3 Å². The Bertz CT molecular complexity index is 666. The summed E-state index contributed by atoms with van der Waals surface area (Å²) >= 11 is 3.31. The van der Waals surface area contributed by atoms with Crippen LogP contribution in [0.15, 0.2) is 34.8 Å². The van der Waals surface area contributed by atoms with Gasteiger partial charge in [0.1, 0.15) is 11.6 Å². The first-order valence-corrected chi connectivity index (χ1v) is 6.53. The number of aromatic hydroxyl groups is 1. The summed E-state index contributed by atoms with van der Waals surface area (Å²) in [6.07, 6.45) is 0. The van der Waals surface area contributed by atoms with E-state index in [2.05, 4.69) is 21.2 Å². The minimum absolute atomic E-state index is 0.0294. The van der Waals surface area contributed by atoms with E-state index in [-0.39, 0.29) is 5.56 Å². The van der Waals surface area contributed by atoms with Crippen LogP contribution in [0, 0.1) is 12.7 Å². The van der Waals surface area contributed by atoms with Gasteiger partial charge in [0.25, 0.3) is 5.91 Å². The maximum atomic E-state index is 12.9. The van der Waals surface area contributed by atoms with Crippen LogP contribution in [-0.2, 0) is 0 Å². The molecule has 20 heavy (non-hydrogen) atoms. The fourth-order valence-corrected chi connectivity index (χ4v) is 2.47. The maximum absolute atomic E-state index is 12.9. The quantitative estimate of drug-likeness (QED) is 0.734. The van der Waals surface area contributed by atoms with E-state index in [1.807, 2.05) is 6.92 Å². The molecule has 4 nitrogen and oxygen atoms in total. The molecule has 0 fully saturated rings. The number of nitrogen functional groups attached to an aromatic ring is 1. The Morgan fingerprint density at radius 2 is 2.05 bits per heavy atom. The molecule has 0 saturated carbocycles. The second kappa shape index (κ2) is 5.50. The predicted molar refractivity (Wildman–Crippen MR) is 79.3 cm³/mol.